The summed E-state index contributed by atoms with van der Waals surface area (Å²) in [5, 5.41) is 4.03. The number of amides is 1. The average molecular weight is 372 g/mol. The number of carbonyl (C=O) groups is 1. The minimum absolute atomic E-state index is 0.0958. The maximum absolute atomic E-state index is 12.2. The highest BCUT2D eigenvalue weighted by Crippen LogP contribution is 2.20. The first-order valence-electron chi connectivity index (χ1n) is 9.70. The number of aryl methyl sites for hydroxylation is 1. The van der Waals surface area contributed by atoms with E-state index in [9.17, 15) is 4.79 Å². The van der Waals surface area contributed by atoms with Crippen LogP contribution in [0.1, 0.15) is 56.8 Å². The van der Waals surface area contributed by atoms with E-state index in [4.69, 9.17) is 4.52 Å². The van der Waals surface area contributed by atoms with Crippen LogP contribution < -0.4 is 0 Å². The third-order valence-corrected chi connectivity index (χ3v) is 4.95. The van der Waals surface area contributed by atoms with Crippen LogP contribution >= 0.6 is 0 Å². The van der Waals surface area contributed by atoms with E-state index >= 15 is 0 Å². The van der Waals surface area contributed by atoms with Crippen LogP contribution in [-0.4, -0.2) is 54.9 Å². The number of hydrogen-bond acceptors (Lipinski definition) is 7. The molecule has 1 aliphatic heterocycles. The van der Waals surface area contributed by atoms with Crippen molar-refractivity contribution in [2.24, 2.45) is 0 Å². The Hall–Kier alpha value is -2.35. The molecule has 27 heavy (non-hydrogen) atoms. The largest absolute Gasteiger partial charge is 0.338 e. The van der Waals surface area contributed by atoms with Crippen molar-refractivity contribution >= 4 is 5.91 Å². The fraction of sp³-hybridized carbons (Fsp3) is 0.632. The topological polar surface area (TPSA) is 88.3 Å². The van der Waals surface area contributed by atoms with Gasteiger partial charge in [0.05, 0.1) is 6.54 Å². The molecule has 0 aromatic carbocycles. The second kappa shape index (κ2) is 9.55. The molecule has 1 atom stereocenters. The molecule has 8 heteroatoms. The summed E-state index contributed by atoms with van der Waals surface area (Å²) in [6, 6.07) is 0.228. The van der Waals surface area contributed by atoms with Gasteiger partial charge >= 0.3 is 0 Å². The van der Waals surface area contributed by atoms with Crippen molar-refractivity contribution in [3.05, 3.63) is 36.0 Å². The van der Waals surface area contributed by atoms with Gasteiger partial charge < -0.3 is 9.42 Å². The van der Waals surface area contributed by atoms with Crippen molar-refractivity contribution in [2.45, 2.75) is 65.1 Å². The first-order chi connectivity index (χ1) is 13.2. The first-order valence-corrected chi connectivity index (χ1v) is 9.70. The minimum atomic E-state index is 0.0958. The number of likely N-dealkylation sites (tertiary alicyclic amines) is 1. The van der Waals surface area contributed by atoms with Gasteiger partial charge in [0, 0.05) is 50.4 Å². The summed E-state index contributed by atoms with van der Waals surface area (Å²) in [7, 11) is 0. The Morgan fingerprint density at radius 1 is 1.30 bits per heavy atom. The second-order valence-corrected chi connectivity index (χ2v) is 7.11. The van der Waals surface area contributed by atoms with E-state index < -0.39 is 0 Å². The van der Waals surface area contributed by atoms with Crippen LogP contribution in [0.4, 0.5) is 0 Å². The van der Waals surface area contributed by atoms with E-state index in [0.717, 1.165) is 56.6 Å². The van der Waals surface area contributed by atoms with Gasteiger partial charge in [0.1, 0.15) is 6.33 Å². The summed E-state index contributed by atoms with van der Waals surface area (Å²) < 4.78 is 5.37. The van der Waals surface area contributed by atoms with Crippen molar-refractivity contribution in [3.8, 4) is 0 Å². The van der Waals surface area contributed by atoms with E-state index in [0.29, 0.717) is 19.0 Å². The number of hydrogen-bond donors (Lipinski definition) is 0. The molecular formula is C19H28N6O2. The zero-order chi connectivity index (χ0) is 19.1. The lowest BCUT2D eigenvalue weighted by atomic mass is 10.1. The van der Waals surface area contributed by atoms with Crippen molar-refractivity contribution in [3.63, 3.8) is 0 Å². The summed E-state index contributed by atoms with van der Waals surface area (Å²) in [6.45, 7) is 6.86. The molecule has 3 rings (SSSR count). The lowest BCUT2D eigenvalue weighted by Gasteiger charge is -2.30. The number of nitrogens with zero attached hydrogens (tertiary/aromatic N) is 6. The van der Waals surface area contributed by atoms with E-state index in [-0.39, 0.29) is 11.9 Å². The molecule has 2 aromatic rings. The van der Waals surface area contributed by atoms with Crippen molar-refractivity contribution in [2.75, 3.05) is 13.1 Å². The number of aromatic nitrogens is 4. The van der Waals surface area contributed by atoms with E-state index in [1.807, 2.05) is 4.90 Å². The molecule has 8 nitrogen and oxygen atoms in total. The van der Waals surface area contributed by atoms with Gasteiger partial charge in [-0.3, -0.25) is 9.69 Å². The van der Waals surface area contributed by atoms with E-state index in [1.54, 1.807) is 19.3 Å². The van der Waals surface area contributed by atoms with Crippen molar-refractivity contribution in [1.82, 2.24) is 29.9 Å². The molecule has 0 saturated carbocycles. The van der Waals surface area contributed by atoms with Crippen molar-refractivity contribution < 1.29 is 9.32 Å². The highest BCUT2D eigenvalue weighted by molar-refractivity contribution is 5.73. The highest BCUT2D eigenvalue weighted by atomic mass is 16.5. The molecule has 1 amide bonds. The molecule has 1 aliphatic rings. The molecule has 1 fully saturated rings. The molecule has 0 radical (unpaired) electrons. The average Bonchev–Trinajstić information content (AvgIpc) is 2.97. The van der Waals surface area contributed by atoms with E-state index in [2.05, 4.69) is 31.9 Å². The molecular weight excluding hydrogens is 344 g/mol. The van der Waals surface area contributed by atoms with Crippen LogP contribution in [0.3, 0.4) is 0 Å². The summed E-state index contributed by atoms with van der Waals surface area (Å²) in [5.74, 6) is 1.56. The molecule has 0 aliphatic carbocycles. The standard InChI is InChI=1S/C19H28N6O2/c1-3-5-18-22-19(27-23-18)13-24-8-4-6-17(7-9-24)25(15(2)26)12-16-10-20-14-21-11-16/h10-11,14,17H,3-9,12-13H2,1-2H3. The van der Waals surface area contributed by atoms with Gasteiger partial charge in [0.15, 0.2) is 5.82 Å². The molecule has 0 bridgehead atoms. The molecule has 0 N–H and O–H groups in total. The van der Waals surface area contributed by atoms with Crippen molar-refractivity contribution in [1.29, 1.82) is 0 Å². The van der Waals surface area contributed by atoms with Crippen LogP contribution in [0.15, 0.2) is 23.2 Å². The monoisotopic (exact) mass is 372 g/mol. The third kappa shape index (κ3) is 5.56. The van der Waals surface area contributed by atoms with Crippen LogP contribution in [0.2, 0.25) is 0 Å². The Kier molecular flexibility index (Phi) is 6.86. The Balaban J connectivity index is 1.57. The zero-order valence-electron chi connectivity index (χ0n) is 16.2. The fourth-order valence-corrected chi connectivity index (χ4v) is 3.58. The smallest absolute Gasteiger partial charge is 0.240 e. The Bertz CT molecular complexity index is 720. The SMILES string of the molecule is CCCc1noc(CN2CCCC(N(Cc3cncnc3)C(C)=O)CC2)n1. The summed E-state index contributed by atoms with van der Waals surface area (Å²) >= 11 is 0. The predicted octanol–water partition coefficient (Wildman–Crippen LogP) is 2.22. The van der Waals surface area contributed by atoms with Gasteiger partial charge in [-0.05, 0) is 32.2 Å². The van der Waals surface area contributed by atoms with Gasteiger partial charge in [0.2, 0.25) is 11.8 Å². The first kappa shape index (κ1) is 19.4. The van der Waals surface area contributed by atoms with Gasteiger partial charge in [-0.25, -0.2) is 9.97 Å². The Morgan fingerprint density at radius 2 is 2.11 bits per heavy atom. The number of carbonyl (C=O) groups excluding carboxylic acids is 1. The quantitative estimate of drug-likeness (QED) is 0.736. The fourth-order valence-electron chi connectivity index (χ4n) is 3.58. The maximum atomic E-state index is 12.2. The van der Waals surface area contributed by atoms with Crippen LogP contribution in [-0.2, 0) is 24.3 Å². The Morgan fingerprint density at radius 3 is 2.85 bits per heavy atom. The summed E-state index contributed by atoms with van der Waals surface area (Å²) in [6.07, 6.45) is 9.88. The molecule has 1 saturated heterocycles. The van der Waals surface area contributed by atoms with Gasteiger partial charge in [-0.15, -0.1) is 0 Å². The molecule has 2 aromatic heterocycles. The van der Waals surface area contributed by atoms with E-state index in [1.165, 1.54) is 6.33 Å². The lowest BCUT2D eigenvalue weighted by molar-refractivity contribution is -0.132. The zero-order valence-corrected chi connectivity index (χ0v) is 16.2. The third-order valence-electron chi connectivity index (χ3n) is 4.95. The van der Waals surface area contributed by atoms with Crippen LogP contribution in [0.25, 0.3) is 0 Å². The molecule has 3 heterocycles. The molecule has 146 valence electrons. The molecule has 1 unspecified atom stereocenters. The normalized spacial score (nSPS) is 18.2. The van der Waals surface area contributed by atoms with Gasteiger partial charge in [-0.2, -0.15) is 4.98 Å². The predicted molar refractivity (Wildman–Crippen MR) is 99.5 cm³/mol. The number of rotatable bonds is 7. The van der Waals surface area contributed by atoms with Gasteiger partial charge in [0.25, 0.3) is 0 Å². The summed E-state index contributed by atoms with van der Waals surface area (Å²) in [4.78, 5) is 29.1. The van der Waals surface area contributed by atoms with Crippen LogP contribution in [0, 0.1) is 0 Å². The van der Waals surface area contributed by atoms with Gasteiger partial charge in [-0.1, -0.05) is 12.1 Å². The second-order valence-electron chi connectivity index (χ2n) is 7.11. The lowest BCUT2D eigenvalue weighted by Crippen LogP contribution is -2.39. The Labute approximate surface area is 160 Å². The molecule has 0 spiro atoms. The minimum Gasteiger partial charge on any atom is -0.338 e. The maximum Gasteiger partial charge on any atom is 0.240 e. The van der Waals surface area contributed by atoms with Crippen LogP contribution in [0.5, 0.6) is 0 Å². The highest BCUT2D eigenvalue weighted by Gasteiger charge is 2.25. The summed E-state index contributed by atoms with van der Waals surface area (Å²) in [5.41, 5.74) is 0.961.